The van der Waals surface area contributed by atoms with Crippen LogP contribution < -0.4 is 23.7 Å². The topological polar surface area (TPSA) is 92.7 Å². The number of ether oxygens (including phenoxy) is 6. The second kappa shape index (κ2) is 25.4. The van der Waals surface area contributed by atoms with Crippen LogP contribution in [0.3, 0.4) is 0 Å². The molecule has 5 aromatic rings. The Labute approximate surface area is 602 Å². The van der Waals surface area contributed by atoms with E-state index in [0.29, 0.717) is 52.9 Å². The molecule has 20 aliphatic rings. The van der Waals surface area contributed by atoms with Gasteiger partial charge in [-0.15, -0.1) is 0 Å². The maximum Gasteiger partial charge on any atom is 0.334 e. The van der Waals surface area contributed by atoms with Crippen molar-refractivity contribution in [2.24, 2.45) is 118 Å². The largest absolute Gasteiger partial charge is 0.487 e. The van der Waals surface area contributed by atoms with Gasteiger partial charge in [-0.2, -0.15) is 0 Å². The lowest BCUT2D eigenvalue weighted by molar-refractivity contribution is -0.145. The lowest BCUT2D eigenvalue weighted by Gasteiger charge is -2.59. The van der Waals surface area contributed by atoms with Crippen LogP contribution in [-0.4, -0.2) is 39.1 Å². The minimum Gasteiger partial charge on any atom is -0.487 e. The molecule has 5 aromatic carbocycles. The number of aliphatic hydroxyl groups excluding tert-OH is 1. The number of esters is 1. The Kier molecular flexibility index (Phi) is 16.9. The predicted molar refractivity (Wildman–Crippen MR) is 394 cm³/mol. The van der Waals surface area contributed by atoms with E-state index in [1.165, 1.54) is 161 Å². The molecule has 0 amide bonds. The van der Waals surface area contributed by atoms with Crippen molar-refractivity contribution in [2.75, 3.05) is 0 Å². The van der Waals surface area contributed by atoms with Gasteiger partial charge in [-0.25, -0.2) is 4.79 Å². The highest BCUT2D eigenvalue weighted by molar-refractivity contribution is 6.30. The average molecular weight is 1370 g/mol. The van der Waals surface area contributed by atoms with Crippen molar-refractivity contribution >= 4 is 17.6 Å². The lowest BCUT2D eigenvalue weighted by Crippen LogP contribution is -2.59. The van der Waals surface area contributed by atoms with E-state index in [-0.39, 0.29) is 34.0 Å². The molecule has 20 aliphatic carbocycles. The minimum absolute atomic E-state index is 0.0305. The van der Waals surface area contributed by atoms with Gasteiger partial charge in [-0.1, -0.05) is 66.7 Å². The van der Waals surface area contributed by atoms with Crippen molar-refractivity contribution in [1.82, 2.24) is 0 Å². The van der Waals surface area contributed by atoms with Crippen molar-refractivity contribution in [3.63, 3.8) is 0 Å². The van der Waals surface area contributed by atoms with Crippen LogP contribution in [0.2, 0.25) is 5.02 Å². The summed E-state index contributed by atoms with van der Waals surface area (Å²) in [5.74, 6) is 20.7. The molecule has 25 rings (SSSR count). The molecule has 0 radical (unpaired) electrons. The molecule has 1 N–H and O–H groups in total. The molecule has 8 nitrogen and oxygen atoms in total. The van der Waals surface area contributed by atoms with E-state index in [1.54, 1.807) is 6.92 Å². The zero-order valence-electron chi connectivity index (χ0n) is 60.8. The third-order valence-corrected chi connectivity index (χ3v) is 31.9. The third-order valence-electron chi connectivity index (χ3n) is 31.6. The van der Waals surface area contributed by atoms with Crippen molar-refractivity contribution in [1.29, 1.82) is 0 Å². The van der Waals surface area contributed by atoms with Gasteiger partial charge in [-0.3, -0.25) is 0 Å². The SMILES string of the molecule is C=C(C)C(=O)OC(c1ccc(OC2(C)C3CC4CC(C3)CC2C4)cc1)c1ccc(OC2(C)C3CC4CC(C3)CC2C4)cc1.CC1(Oc2ccc(C(O)c3ccc(OC4(C)C5CC6CC(C5)CC4C6)cc3)cc2)C2CC3CC(C2)CC1C3.CC1(Oc2ccc(Cl)cc2)C2CC3CC(C2)CC1C3. The van der Waals surface area contributed by atoms with Gasteiger partial charge in [-0.05, 0) is 415 Å². The number of benzene rings is 5. The minimum atomic E-state index is -0.647. The smallest absolute Gasteiger partial charge is 0.334 e. The second-order valence-electron chi connectivity index (χ2n) is 37.6. The molecule has 100 heavy (non-hydrogen) atoms. The zero-order valence-corrected chi connectivity index (χ0v) is 61.6. The zero-order chi connectivity index (χ0) is 68.2. The Morgan fingerprint density at radius 2 is 0.510 bits per heavy atom. The Morgan fingerprint density at radius 1 is 0.330 bits per heavy atom. The van der Waals surface area contributed by atoms with E-state index < -0.39 is 12.2 Å². The van der Waals surface area contributed by atoms with E-state index in [0.717, 1.165) is 127 Å². The molecule has 20 saturated carbocycles. The number of carbonyl (C=O) groups is 1. The second-order valence-corrected chi connectivity index (χ2v) is 38.1. The Bertz CT molecular complexity index is 3470. The van der Waals surface area contributed by atoms with Crippen LogP contribution in [0.25, 0.3) is 0 Å². The number of carbonyl (C=O) groups excluding carboxylic acids is 1. The van der Waals surface area contributed by atoms with Gasteiger partial charge >= 0.3 is 5.97 Å². The summed E-state index contributed by atoms with van der Waals surface area (Å²) in [4.78, 5) is 12.8. The van der Waals surface area contributed by atoms with Gasteiger partial charge in [0.05, 0.1) is 0 Å². The van der Waals surface area contributed by atoms with Gasteiger partial charge in [0.15, 0.2) is 6.10 Å². The summed E-state index contributed by atoms with van der Waals surface area (Å²) in [6, 6.07) is 40.8. The molecule has 0 spiro atoms. The summed E-state index contributed by atoms with van der Waals surface area (Å²) in [6.07, 6.45) is 33.0. The van der Waals surface area contributed by atoms with Gasteiger partial charge < -0.3 is 33.5 Å². The van der Waals surface area contributed by atoms with Gasteiger partial charge in [0, 0.05) is 10.6 Å². The molecule has 0 heterocycles. The molecule has 0 aliphatic heterocycles. The first-order valence-electron chi connectivity index (χ1n) is 40.3. The number of rotatable bonds is 16. The molecule has 20 bridgehead atoms. The molecule has 0 aromatic heterocycles. The van der Waals surface area contributed by atoms with Crippen molar-refractivity contribution in [3.8, 4) is 28.7 Å². The first-order valence-corrected chi connectivity index (χ1v) is 40.7. The maximum absolute atomic E-state index is 12.8. The fourth-order valence-electron chi connectivity index (χ4n) is 26.8. The van der Waals surface area contributed by atoms with Crippen molar-refractivity contribution in [2.45, 2.75) is 242 Å². The molecule has 9 heteroatoms. The van der Waals surface area contributed by atoms with Crippen molar-refractivity contribution < 1.29 is 38.3 Å². The highest BCUT2D eigenvalue weighted by Crippen LogP contribution is 2.65. The van der Waals surface area contributed by atoms with Gasteiger partial charge in [0.1, 0.15) is 62.9 Å². The highest BCUT2D eigenvalue weighted by Gasteiger charge is 2.61. The summed E-state index contributed by atoms with van der Waals surface area (Å²) in [6.45, 7) is 17.3. The number of hydrogen-bond donors (Lipinski definition) is 1. The summed E-state index contributed by atoms with van der Waals surface area (Å²) < 4.78 is 39.7. The number of hydrogen-bond acceptors (Lipinski definition) is 8. The van der Waals surface area contributed by atoms with E-state index in [1.807, 2.05) is 48.5 Å². The quantitative estimate of drug-likeness (QED) is 0.0772. The van der Waals surface area contributed by atoms with Gasteiger partial charge in [0.25, 0.3) is 0 Å². The fraction of sp³-hybridized carbons (Fsp3) is 0.637. The van der Waals surface area contributed by atoms with Crippen LogP contribution in [0.15, 0.2) is 133 Å². The van der Waals surface area contributed by atoms with Gasteiger partial charge in [0.2, 0.25) is 0 Å². The molecule has 20 fully saturated rings. The Balaban J connectivity index is 0.000000115. The van der Waals surface area contributed by atoms with E-state index in [4.69, 9.17) is 40.0 Å². The van der Waals surface area contributed by atoms with Crippen LogP contribution in [-0.2, 0) is 9.53 Å². The van der Waals surface area contributed by atoms with Crippen LogP contribution in [0.1, 0.15) is 237 Å². The third kappa shape index (κ3) is 12.1. The first kappa shape index (κ1) is 66.5. The predicted octanol–water partition coefficient (Wildman–Crippen LogP) is 22.0. The normalized spacial score (nSPS) is 42.8. The molecule has 532 valence electrons. The van der Waals surface area contributed by atoms with Crippen molar-refractivity contribution in [3.05, 3.63) is 161 Å². The van der Waals surface area contributed by atoms with Crippen LogP contribution in [0.5, 0.6) is 28.7 Å². The first-order chi connectivity index (χ1) is 48.1. The number of aliphatic hydroxyl groups is 1. The van der Waals surface area contributed by atoms with E-state index >= 15 is 0 Å². The highest BCUT2D eigenvalue weighted by atomic mass is 35.5. The lowest BCUT2D eigenvalue weighted by atomic mass is 9.50. The van der Waals surface area contributed by atoms with E-state index in [9.17, 15) is 9.90 Å². The summed E-state index contributed by atoms with van der Waals surface area (Å²) in [5, 5.41) is 11.9. The molecule has 0 saturated heterocycles. The van der Waals surface area contributed by atoms with E-state index in [2.05, 4.69) is 114 Å². The van der Waals surface area contributed by atoms with Crippen LogP contribution in [0.4, 0.5) is 0 Å². The Hall–Kier alpha value is -5.44. The van der Waals surface area contributed by atoms with Crippen LogP contribution in [0, 0.1) is 118 Å². The molecular formula is C91H113ClO8. The monoisotopic (exact) mass is 1370 g/mol. The molecule has 0 unspecified atom stereocenters. The Morgan fingerprint density at radius 3 is 0.700 bits per heavy atom. The fourth-order valence-corrected chi connectivity index (χ4v) is 26.9. The summed E-state index contributed by atoms with van der Waals surface area (Å²) in [7, 11) is 0. The standard InChI is InChI=1S/C39H48O4.C35H44O3.C17H21ClO/c1-23(2)37(40)41-36(28-5-9-34(10-6-28)42-38(3)30-15-24-13-25(17-30)18-31(38)16-24)29-7-11-35(12-8-29)43-39(4)32-19-26-14-27(21-32)22-33(39)20-26;1-34(27-13-21-11-22(15-27)16-28(34)14-21)37-31-7-3-25(4-8-31)33(36)26-5-9-32(10-6-26)38-35(2)29-17-23-12-24(19-29)20-30(35)18-23;1-17(19-16-4-2-15(18)3-5-16)13-7-11-6-12(9-13)10-14(17)8-11/h5-12,24-27,30-33,36H,1,13-22H2,2-4H3;3-10,21-24,27-30,33,36H,11-20H2,1-2H3;2-5,11-14H,6-10H2,1H3. The molecular weight excluding hydrogens is 1260 g/mol. The summed E-state index contributed by atoms with van der Waals surface area (Å²) >= 11 is 5.95. The molecule has 0 atom stereocenters. The summed E-state index contributed by atoms with van der Waals surface area (Å²) in [5.41, 5.74) is 3.92. The maximum atomic E-state index is 12.8. The number of halogens is 1. The van der Waals surface area contributed by atoms with Crippen LogP contribution >= 0.6 is 11.6 Å². The average Bonchev–Trinajstić information content (AvgIpc) is 0.758.